The van der Waals surface area contributed by atoms with Gasteiger partial charge in [0, 0.05) is 30.7 Å². The van der Waals surface area contributed by atoms with Gasteiger partial charge in [-0.2, -0.15) is 0 Å². The molecule has 0 aromatic rings. The summed E-state index contributed by atoms with van der Waals surface area (Å²) in [7, 11) is 0. The standard InChI is InChI=1S/C17H32N2/c1-12(2)16-10-18-17(4,14-6-7-14)11-19(16)15-8-5-13(3)9-15/h12-16,18H,5-11H2,1-4H3. The molecule has 110 valence electrons. The van der Waals surface area contributed by atoms with E-state index in [-0.39, 0.29) is 0 Å². The normalized spacial score (nSPS) is 45.0. The van der Waals surface area contributed by atoms with E-state index in [1.54, 1.807) is 0 Å². The van der Waals surface area contributed by atoms with Crippen molar-refractivity contribution in [3.8, 4) is 0 Å². The molecule has 2 aliphatic carbocycles. The molecule has 0 bridgehead atoms. The number of hydrogen-bond donors (Lipinski definition) is 1. The van der Waals surface area contributed by atoms with E-state index in [9.17, 15) is 0 Å². The second kappa shape index (κ2) is 5.04. The Kier molecular flexibility index (Phi) is 3.68. The minimum atomic E-state index is 0.400. The summed E-state index contributed by atoms with van der Waals surface area (Å²) in [6.45, 7) is 12.2. The van der Waals surface area contributed by atoms with Crippen molar-refractivity contribution < 1.29 is 0 Å². The van der Waals surface area contributed by atoms with Crippen molar-refractivity contribution in [1.82, 2.24) is 10.2 Å². The van der Waals surface area contributed by atoms with Gasteiger partial charge in [-0.05, 0) is 56.8 Å². The molecular formula is C17H32N2. The van der Waals surface area contributed by atoms with Crippen LogP contribution in [0.2, 0.25) is 0 Å². The zero-order chi connectivity index (χ0) is 13.6. The van der Waals surface area contributed by atoms with E-state index in [1.807, 2.05) is 0 Å². The molecule has 0 spiro atoms. The lowest BCUT2D eigenvalue weighted by atomic mass is 9.86. The molecule has 3 aliphatic rings. The van der Waals surface area contributed by atoms with Crippen molar-refractivity contribution in [3.63, 3.8) is 0 Å². The molecule has 0 radical (unpaired) electrons. The molecular weight excluding hydrogens is 232 g/mol. The molecule has 1 saturated heterocycles. The van der Waals surface area contributed by atoms with E-state index in [0.717, 1.165) is 29.8 Å². The van der Waals surface area contributed by atoms with E-state index in [0.29, 0.717) is 5.54 Å². The van der Waals surface area contributed by atoms with Gasteiger partial charge in [-0.15, -0.1) is 0 Å². The van der Waals surface area contributed by atoms with Crippen LogP contribution in [-0.2, 0) is 0 Å². The Morgan fingerprint density at radius 1 is 1.16 bits per heavy atom. The van der Waals surface area contributed by atoms with Gasteiger partial charge < -0.3 is 5.32 Å². The Hall–Kier alpha value is -0.0800. The van der Waals surface area contributed by atoms with E-state index < -0.39 is 0 Å². The maximum atomic E-state index is 3.91. The molecule has 4 unspecified atom stereocenters. The molecule has 19 heavy (non-hydrogen) atoms. The Balaban J connectivity index is 1.74. The van der Waals surface area contributed by atoms with E-state index in [4.69, 9.17) is 0 Å². The fourth-order valence-electron chi connectivity index (χ4n) is 4.50. The smallest absolute Gasteiger partial charge is 0.0309 e. The summed E-state index contributed by atoms with van der Waals surface area (Å²) in [5.74, 6) is 2.66. The monoisotopic (exact) mass is 264 g/mol. The molecule has 3 fully saturated rings. The number of nitrogens with one attached hydrogen (secondary N) is 1. The lowest BCUT2D eigenvalue weighted by molar-refractivity contribution is 0.0191. The van der Waals surface area contributed by atoms with Gasteiger partial charge in [-0.25, -0.2) is 0 Å². The number of piperazine rings is 1. The van der Waals surface area contributed by atoms with Crippen LogP contribution in [0.25, 0.3) is 0 Å². The molecule has 1 N–H and O–H groups in total. The van der Waals surface area contributed by atoms with Crippen molar-refractivity contribution in [1.29, 1.82) is 0 Å². The maximum absolute atomic E-state index is 3.91. The van der Waals surface area contributed by atoms with Crippen LogP contribution < -0.4 is 5.32 Å². The van der Waals surface area contributed by atoms with Crippen molar-refractivity contribution in [2.45, 2.75) is 77.4 Å². The molecule has 1 aliphatic heterocycles. The van der Waals surface area contributed by atoms with Gasteiger partial charge in [-0.3, -0.25) is 4.90 Å². The summed E-state index contributed by atoms with van der Waals surface area (Å²) < 4.78 is 0. The van der Waals surface area contributed by atoms with Crippen LogP contribution in [0.4, 0.5) is 0 Å². The topological polar surface area (TPSA) is 15.3 Å². The molecule has 0 aromatic carbocycles. The molecule has 2 nitrogen and oxygen atoms in total. The molecule has 3 rings (SSSR count). The quantitative estimate of drug-likeness (QED) is 0.841. The fourth-order valence-corrected chi connectivity index (χ4v) is 4.50. The second-order valence-corrected chi connectivity index (χ2v) is 8.13. The zero-order valence-electron chi connectivity index (χ0n) is 13.3. The first kappa shape index (κ1) is 13.9. The number of hydrogen-bond acceptors (Lipinski definition) is 2. The Morgan fingerprint density at radius 2 is 1.89 bits per heavy atom. The third-order valence-corrected chi connectivity index (χ3v) is 6.04. The average Bonchev–Trinajstić information content (AvgIpc) is 3.13. The third-order valence-electron chi connectivity index (χ3n) is 6.04. The van der Waals surface area contributed by atoms with Gasteiger partial charge in [-0.1, -0.05) is 20.8 Å². The Morgan fingerprint density at radius 3 is 2.42 bits per heavy atom. The molecule has 2 heteroatoms. The number of nitrogens with zero attached hydrogens (tertiary/aromatic N) is 1. The average molecular weight is 264 g/mol. The highest BCUT2D eigenvalue weighted by Gasteiger charge is 2.48. The van der Waals surface area contributed by atoms with Crippen LogP contribution in [0, 0.1) is 17.8 Å². The van der Waals surface area contributed by atoms with Gasteiger partial charge in [0.05, 0.1) is 0 Å². The van der Waals surface area contributed by atoms with Crippen LogP contribution >= 0.6 is 0 Å². The summed E-state index contributed by atoms with van der Waals surface area (Å²) >= 11 is 0. The van der Waals surface area contributed by atoms with Gasteiger partial charge in [0.1, 0.15) is 0 Å². The first-order chi connectivity index (χ1) is 8.99. The van der Waals surface area contributed by atoms with Gasteiger partial charge in [0.15, 0.2) is 0 Å². The SMILES string of the molecule is CC1CCC(N2CC(C)(C3CC3)NCC2C(C)C)C1. The maximum Gasteiger partial charge on any atom is 0.0309 e. The Labute approximate surface area is 119 Å². The highest BCUT2D eigenvalue weighted by molar-refractivity contribution is 5.06. The van der Waals surface area contributed by atoms with Crippen LogP contribution in [0.3, 0.4) is 0 Å². The predicted molar refractivity (Wildman–Crippen MR) is 81.3 cm³/mol. The van der Waals surface area contributed by atoms with Crippen LogP contribution in [0.1, 0.15) is 59.8 Å². The molecule has 2 saturated carbocycles. The summed E-state index contributed by atoms with van der Waals surface area (Å²) in [5, 5.41) is 3.91. The first-order valence-corrected chi connectivity index (χ1v) is 8.50. The largest absolute Gasteiger partial charge is 0.308 e. The lowest BCUT2D eigenvalue weighted by Gasteiger charge is -2.50. The van der Waals surface area contributed by atoms with Crippen molar-refractivity contribution in [2.24, 2.45) is 17.8 Å². The predicted octanol–water partition coefficient (Wildman–Crippen LogP) is 3.27. The van der Waals surface area contributed by atoms with Gasteiger partial charge in [0.25, 0.3) is 0 Å². The second-order valence-electron chi connectivity index (χ2n) is 8.13. The van der Waals surface area contributed by atoms with Crippen LogP contribution in [0.5, 0.6) is 0 Å². The van der Waals surface area contributed by atoms with Crippen molar-refractivity contribution in [2.75, 3.05) is 13.1 Å². The first-order valence-electron chi connectivity index (χ1n) is 8.50. The zero-order valence-corrected chi connectivity index (χ0v) is 13.3. The Bertz CT molecular complexity index is 323. The summed E-state index contributed by atoms with van der Waals surface area (Å²) in [4.78, 5) is 2.91. The molecule has 4 atom stereocenters. The summed E-state index contributed by atoms with van der Waals surface area (Å²) in [5.41, 5.74) is 0.400. The molecule has 1 heterocycles. The van der Waals surface area contributed by atoms with Crippen molar-refractivity contribution in [3.05, 3.63) is 0 Å². The lowest BCUT2D eigenvalue weighted by Crippen LogP contribution is -2.66. The minimum Gasteiger partial charge on any atom is -0.308 e. The van der Waals surface area contributed by atoms with E-state index in [2.05, 4.69) is 37.9 Å². The van der Waals surface area contributed by atoms with E-state index >= 15 is 0 Å². The van der Waals surface area contributed by atoms with Crippen LogP contribution in [-0.4, -0.2) is 35.6 Å². The highest BCUT2D eigenvalue weighted by Crippen LogP contribution is 2.43. The third kappa shape index (κ3) is 2.71. The fraction of sp³-hybridized carbons (Fsp3) is 1.00. The molecule has 0 amide bonds. The molecule has 0 aromatic heterocycles. The van der Waals surface area contributed by atoms with Gasteiger partial charge >= 0.3 is 0 Å². The van der Waals surface area contributed by atoms with Crippen molar-refractivity contribution >= 4 is 0 Å². The summed E-state index contributed by atoms with van der Waals surface area (Å²) in [6, 6.07) is 1.62. The van der Waals surface area contributed by atoms with E-state index in [1.165, 1.54) is 45.2 Å². The highest BCUT2D eigenvalue weighted by atomic mass is 15.3. The summed E-state index contributed by atoms with van der Waals surface area (Å²) in [6.07, 6.45) is 7.21. The van der Waals surface area contributed by atoms with Crippen LogP contribution in [0.15, 0.2) is 0 Å². The minimum absolute atomic E-state index is 0.400. The number of rotatable bonds is 3. The van der Waals surface area contributed by atoms with Gasteiger partial charge in [0.2, 0.25) is 0 Å².